The molecule has 160 valence electrons. The molecule has 2 aromatic heterocycles. The Morgan fingerprint density at radius 1 is 1.23 bits per heavy atom. The molecule has 0 atom stereocenters. The van der Waals surface area contributed by atoms with Crippen molar-refractivity contribution >= 4 is 17.1 Å². The number of aryl methyl sites for hydroxylation is 1. The topological polar surface area (TPSA) is 48.5 Å². The second-order valence-corrected chi connectivity index (χ2v) is 8.17. The Balaban J connectivity index is 1.95. The lowest BCUT2D eigenvalue weighted by atomic mass is 9.95. The minimum absolute atomic E-state index is 0.0340. The number of halogens is 3. The van der Waals surface area contributed by atoms with Gasteiger partial charge in [0.2, 0.25) is 0 Å². The normalized spacial score (nSPS) is 14.3. The zero-order valence-electron chi connectivity index (χ0n) is 17.2. The predicted molar refractivity (Wildman–Crippen MR) is 113 cm³/mol. The summed E-state index contributed by atoms with van der Waals surface area (Å²) in [5, 5.41) is 5.00. The molecule has 1 aromatic carbocycles. The van der Waals surface area contributed by atoms with Crippen molar-refractivity contribution < 1.29 is 13.5 Å². The number of benzene rings is 1. The van der Waals surface area contributed by atoms with E-state index in [1.54, 1.807) is 15.1 Å². The van der Waals surface area contributed by atoms with Crippen LogP contribution in [-0.4, -0.2) is 20.8 Å². The fraction of sp³-hybridized carbons (Fsp3) is 0.455. The van der Waals surface area contributed by atoms with E-state index < -0.39 is 6.61 Å². The SMILES string of the molecule is CCC(CC)c1cc(C)n2nc(-c3ccc(OC(F)F)cc3Cl)n(C3CC3)c(=O)c12. The van der Waals surface area contributed by atoms with Gasteiger partial charge in [-0.05, 0) is 68.4 Å². The summed E-state index contributed by atoms with van der Waals surface area (Å²) in [6.45, 7) is 3.24. The van der Waals surface area contributed by atoms with Crippen LogP contribution >= 0.6 is 11.6 Å². The highest BCUT2D eigenvalue weighted by molar-refractivity contribution is 6.33. The molecule has 0 radical (unpaired) electrons. The number of aromatic nitrogens is 3. The number of ether oxygens (including phenoxy) is 1. The summed E-state index contributed by atoms with van der Waals surface area (Å²) in [7, 11) is 0. The van der Waals surface area contributed by atoms with Gasteiger partial charge in [0.05, 0.1) is 5.02 Å². The molecule has 0 spiro atoms. The summed E-state index contributed by atoms with van der Waals surface area (Å²) in [6, 6.07) is 6.44. The fourth-order valence-corrected chi connectivity index (χ4v) is 4.35. The first-order valence-corrected chi connectivity index (χ1v) is 10.6. The summed E-state index contributed by atoms with van der Waals surface area (Å²) in [4.78, 5) is 13.6. The zero-order chi connectivity index (χ0) is 21.6. The summed E-state index contributed by atoms with van der Waals surface area (Å²) in [5.74, 6) is 0.697. The standard InChI is InChI=1S/C22H24ClF2N3O2/c1-4-13(5-2)17-10-12(3)28-19(17)21(29)27(14-6-7-14)20(26-28)16-9-8-15(11-18(16)23)30-22(24)25/h8-11,13-14,22H,4-7H2,1-3H3. The molecule has 0 unspecified atom stereocenters. The van der Waals surface area contributed by atoms with Crippen molar-refractivity contribution in [3.05, 3.63) is 50.9 Å². The van der Waals surface area contributed by atoms with E-state index in [2.05, 4.69) is 18.6 Å². The van der Waals surface area contributed by atoms with Gasteiger partial charge in [0.25, 0.3) is 5.56 Å². The first-order valence-electron chi connectivity index (χ1n) is 10.2. The molecule has 3 aromatic rings. The largest absolute Gasteiger partial charge is 0.435 e. The minimum atomic E-state index is -2.93. The Hall–Kier alpha value is -2.41. The quantitative estimate of drug-likeness (QED) is 0.459. The molecule has 8 heteroatoms. The van der Waals surface area contributed by atoms with Gasteiger partial charge in [-0.1, -0.05) is 25.4 Å². The van der Waals surface area contributed by atoms with E-state index in [0.29, 0.717) is 16.9 Å². The third kappa shape index (κ3) is 3.60. The van der Waals surface area contributed by atoms with Crippen LogP contribution < -0.4 is 10.3 Å². The molecule has 4 rings (SSSR count). The summed E-state index contributed by atoms with van der Waals surface area (Å²) in [6.07, 6.45) is 3.68. The molecule has 2 heterocycles. The van der Waals surface area contributed by atoms with Gasteiger partial charge in [0.15, 0.2) is 5.82 Å². The van der Waals surface area contributed by atoms with Gasteiger partial charge in [0, 0.05) is 17.3 Å². The van der Waals surface area contributed by atoms with Gasteiger partial charge < -0.3 is 4.74 Å². The van der Waals surface area contributed by atoms with Gasteiger partial charge >= 0.3 is 6.61 Å². The molecule has 30 heavy (non-hydrogen) atoms. The first kappa shape index (κ1) is 20.8. The van der Waals surface area contributed by atoms with Crippen LogP contribution in [0.2, 0.25) is 5.02 Å². The zero-order valence-corrected chi connectivity index (χ0v) is 17.9. The molecule has 0 bridgehead atoms. The molecule has 0 saturated heterocycles. The van der Waals surface area contributed by atoms with Gasteiger partial charge in [0.1, 0.15) is 11.3 Å². The Labute approximate surface area is 178 Å². The van der Waals surface area contributed by atoms with E-state index in [-0.39, 0.29) is 28.3 Å². The van der Waals surface area contributed by atoms with Crippen molar-refractivity contribution in [1.82, 2.24) is 14.2 Å². The van der Waals surface area contributed by atoms with Gasteiger partial charge in [-0.3, -0.25) is 9.36 Å². The first-order chi connectivity index (χ1) is 14.3. The van der Waals surface area contributed by atoms with Crippen molar-refractivity contribution in [1.29, 1.82) is 0 Å². The monoisotopic (exact) mass is 435 g/mol. The predicted octanol–water partition coefficient (Wildman–Crippen LogP) is 5.96. The van der Waals surface area contributed by atoms with Crippen LogP contribution in [0.15, 0.2) is 29.1 Å². The average Bonchev–Trinajstić information content (AvgIpc) is 3.46. The molecule has 1 fully saturated rings. The lowest BCUT2D eigenvalue weighted by molar-refractivity contribution is -0.0498. The lowest BCUT2D eigenvalue weighted by Gasteiger charge is -2.16. The molecule has 5 nitrogen and oxygen atoms in total. The molecular formula is C22H24ClF2N3O2. The number of rotatable bonds is 7. The summed E-state index contributed by atoms with van der Waals surface area (Å²) < 4.78 is 32.9. The highest BCUT2D eigenvalue weighted by atomic mass is 35.5. The van der Waals surface area contributed by atoms with Crippen LogP contribution in [0.25, 0.3) is 16.9 Å². The smallest absolute Gasteiger partial charge is 0.387 e. The number of alkyl halides is 2. The third-order valence-electron chi connectivity index (χ3n) is 5.77. The minimum Gasteiger partial charge on any atom is -0.435 e. The number of nitrogens with zero attached hydrogens (tertiary/aromatic N) is 3. The van der Waals surface area contributed by atoms with Crippen LogP contribution in [0.1, 0.15) is 62.7 Å². The molecule has 1 aliphatic rings. The van der Waals surface area contributed by atoms with Crippen molar-refractivity contribution in [2.45, 2.75) is 65.0 Å². The van der Waals surface area contributed by atoms with Crippen molar-refractivity contribution in [3.63, 3.8) is 0 Å². The van der Waals surface area contributed by atoms with Gasteiger partial charge in [-0.2, -0.15) is 8.78 Å². The average molecular weight is 436 g/mol. The van der Waals surface area contributed by atoms with Gasteiger partial charge in [-0.25, -0.2) is 4.52 Å². The maximum atomic E-state index is 13.6. The Kier molecular flexibility index (Phi) is 5.57. The van der Waals surface area contributed by atoms with Crippen molar-refractivity contribution in [3.8, 4) is 17.1 Å². The molecule has 1 aliphatic carbocycles. The second-order valence-electron chi connectivity index (χ2n) is 7.76. The third-order valence-corrected chi connectivity index (χ3v) is 6.08. The van der Waals surface area contributed by atoms with Crippen LogP contribution in [0.3, 0.4) is 0 Å². The van der Waals surface area contributed by atoms with E-state index in [0.717, 1.165) is 36.9 Å². The molecule has 1 saturated carbocycles. The number of hydrogen-bond acceptors (Lipinski definition) is 3. The summed E-state index contributed by atoms with van der Waals surface area (Å²) >= 11 is 6.40. The van der Waals surface area contributed by atoms with Crippen LogP contribution in [0.4, 0.5) is 8.78 Å². The van der Waals surface area contributed by atoms with Crippen LogP contribution in [0, 0.1) is 6.92 Å². The molecule has 0 amide bonds. The maximum Gasteiger partial charge on any atom is 0.387 e. The van der Waals surface area contributed by atoms with E-state index in [1.165, 1.54) is 12.1 Å². The molecule has 0 aliphatic heterocycles. The number of hydrogen-bond donors (Lipinski definition) is 0. The maximum absolute atomic E-state index is 13.6. The highest BCUT2D eigenvalue weighted by Gasteiger charge is 2.31. The second kappa shape index (κ2) is 8.02. The Bertz CT molecular complexity index is 1150. The Morgan fingerprint density at radius 2 is 1.93 bits per heavy atom. The Morgan fingerprint density at radius 3 is 2.50 bits per heavy atom. The fourth-order valence-electron chi connectivity index (χ4n) is 4.10. The van der Waals surface area contributed by atoms with Crippen LogP contribution in [-0.2, 0) is 0 Å². The summed E-state index contributed by atoms with van der Waals surface area (Å²) in [5.41, 5.74) is 2.96. The van der Waals surface area contributed by atoms with Crippen LogP contribution in [0.5, 0.6) is 5.75 Å². The van der Waals surface area contributed by atoms with Gasteiger partial charge in [-0.15, -0.1) is 5.10 Å². The van der Waals surface area contributed by atoms with Crippen molar-refractivity contribution in [2.75, 3.05) is 0 Å². The lowest BCUT2D eigenvalue weighted by Crippen LogP contribution is -2.26. The number of fused-ring (bicyclic) bond motifs is 1. The molecule has 0 N–H and O–H groups in total. The van der Waals surface area contributed by atoms with E-state index in [4.69, 9.17) is 16.7 Å². The van der Waals surface area contributed by atoms with E-state index in [9.17, 15) is 13.6 Å². The van der Waals surface area contributed by atoms with E-state index in [1.807, 2.05) is 13.0 Å². The highest BCUT2D eigenvalue weighted by Crippen LogP contribution is 2.39. The van der Waals surface area contributed by atoms with Crippen molar-refractivity contribution in [2.24, 2.45) is 0 Å². The molecular weight excluding hydrogens is 412 g/mol. The van der Waals surface area contributed by atoms with E-state index >= 15 is 0 Å².